The van der Waals surface area contributed by atoms with E-state index in [-0.39, 0.29) is 0 Å². The molecule has 1 aromatic heterocycles. The van der Waals surface area contributed by atoms with Crippen LogP contribution in [0.3, 0.4) is 0 Å². The summed E-state index contributed by atoms with van der Waals surface area (Å²) in [4.78, 5) is 22.7. The fourth-order valence-corrected chi connectivity index (χ4v) is 2.31. The zero-order chi connectivity index (χ0) is 14.5. The number of rotatable bonds is 6. The highest BCUT2D eigenvalue weighted by atomic mass is 16.5. The van der Waals surface area contributed by atoms with Gasteiger partial charge in [0.05, 0.1) is 6.61 Å². The van der Waals surface area contributed by atoms with Crippen LogP contribution in [-0.4, -0.2) is 30.4 Å². The number of aromatic nitrogens is 1. The maximum atomic E-state index is 11.9. The minimum atomic E-state index is -0.631. The summed E-state index contributed by atoms with van der Waals surface area (Å²) in [7, 11) is 1.61. The first kappa shape index (κ1) is 14.2. The third-order valence-electron chi connectivity index (χ3n) is 3.16. The van der Waals surface area contributed by atoms with Gasteiger partial charge in [0.25, 0.3) is 12.1 Å². The van der Waals surface area contributed by atoms with Gasteiger partial charge in [0.15, 0.2) is 0 Å². The predicted molar refractivity (Wildman–Crippen MR) is 76.1 cm³/mol. The predicted octanol–water partition coefficient (Wildman–Crippen LogP) is 2.27. The van der Waals surface area contributed by atoms with Crippen molar-refractivity contribution < 1.29 is 14.3 Å². The number of carbonyl (C=O) groups is 1. The molecule has 0 spiro atoms. The molecule has 0 saturated heterocycles. The van der Waals surface area contributed by atoms with Crippen molar-refractivity contribution >= 4 is 12.1 Å². The number of ketones is 1. The second-order valence-electron chi connectivity index (χ2n) is 4.50. The molecule has 4 heteroatoms. The third-order valence-corrected chi connectivity index (χ3v) is 3.16. The molecule has 0 unspecified atom stereocenters. The smallest absolute Gasteiger partial charge is 0.279 e. The van der Waals surface area contributed by atoms with Crippen LogP contribution in [0.4, 0.5) is 0 Å². The average Bonchev–Trinajstić information content (AvgIpc) is 2.81. The summed E-state index contributed by atoms with van der Waals surface area (Å²) in [5.41, 5.74) is 2.94. The molecule has 0 bridgehead atoms. The number of ether oxygens (including phenoxy) is 1. The van der Waals surface area contributed by atoms with Crippen molar-refractivity contribution in [3.8, 4) is 5.69 Å². The average molecular weight is 270 g/mol. The molecule has 0 aliphatic rings. The summed E-state index contributed by atoms with van der Waals surface area (Å²) in [5.74, 6) is -0.631. The molecule has 2 aromatic rings. The Bertz CT molecular complexity index is 614. The van der Waals surface area contributed by atoms with Crippen LogP contribution in [0.5, 0.6) is 0 Å². The number of hydrogen-bond donors (Lipinski definition) is 0. The summed E-state index contributed by atoms with van der Waals surface area (Å²) in [6.45, 7) is 2.41. The van der Waals surface area contributed by atoms with Gasteiger partial charge in [-0.05, 0) is 37.1 Å². The maximum absolute atomic E-state index is 11.9. The van der Waals surface area contributed by atoms with Crippen LogP contribution in [0, 0.1) is 6.92 Å². The second-order valence-corrected chi connectivity index (χ2v) is 4.50. The van der Waals surface area contributed by atoms with Crippen LogP contribution in [0.1, 0.15) is 21.7 Å². The standard InChI is InChI=1S/C16H16NO3/c1-12-10-13(8-9-20-2)16(15(19)11-18)17(12)14-6-4-3-5-7-14/h3-7,10H,8-9H2,1-2H3. The molecule has 20 heavy (non-hydrogen) atoms. The van der Waals surface area contributed by atoms with E-state index >= 15 is 0 Å². The number of Topliss-reactive ketones (excluding diaryl/α,β-unsaturated/α-hetero) is 1. The topological polar surface area (TPSA) is 48.3 Å². The summed E-state index contributed by atoms with van der Waals surface area (Å²) >= 11 is 0. The van der Waals surface area contributed by atoms with Gasteiger partial charge < -0.3 is 9.30 Å². The molecule has 4 nitrogen and oxygen atoms in total. The Morgan fingerprint density at radius 1 is 1.30 bits per heavy atom. The van der Waals surface area contributed by atoms with Crippen molar-refractivity contribution in [3.63, 3.8) is 0 Å². The second kappa shape index (κ2) is 6.30. The van der Waals surface area contributed by atoms with Gasteiger partial charge in [-0.3, -0.25) is 9.59 Å². The molecule has 103 valence electrons. The number of aryl methyl sites for hydroxylation is 1. The highest BCUT2D eigenvalue weighted by Gasteiger charge is 2.20. The van der Waals surface area contributed by atoms with Gasteiger partial charge in [-0.15, -0.1) is 0 Å². The molecule has 1 heterocycles. The molecule has 0 amide bonds. The quantitative estimate of drug-likeness (QED) is 0.597. The van der Waals surface area contributed by atoms with Crippen LogP contribution in [0.2, 0.25) is 0 Å². The van der Waals surface area contributed by atoms with Gasteiger partial charge >= 0.3 is 0 Å². The molecule has 0 N–H and O–H groups in total. The zero-order valence-corrected chi connectivity index (χ0v) is 11.6. The summed E-state index contributed by atoms with van der Waals surface area (Å²) in [6, 6.07) is 11.4. The zero-order valence-electron chi connectivity index (χ0n) is 11.6. The van der Waals surface area contributed by atoms with Crippen molar-refractivity contribution in [1.82, 2.24) is 4.57 Å². The van der Waals surface area contributed by atoms with E-state index in [1.165, 1.54) is 6.29 Å². The molecular weight excluding hydrogens is 254 g/mol. The Morgan fingerprint density at radius 3 is 2.60 bits per heavy atom. The van der Waals surface area contributed by atoms with Crippen molar-refractivity contribution in [1.29, 1.82) is 0 Å². The van der Waals surface area contributed by atoms with Crippen LogP contribution in [0.25, 0.3) is 5.69 Å². The molecule has 0 saturated carbocycles. The Balaban J connectivity index is 2.58. The highest BCUT2D eigenvalue weighted by molar-refractivity contribution is 6.33. The number of nitrogens with zero attached hydrogens (tertiary/aromatic N) is 1. The van der Waals surface area contributed by atoms with Crippen LogP contribution >= 0.6 is 0 Å². The van der Waals surface area contributed by atoms with Crippen LogP contribution < -0.4 is 0 Å². The van der Waals surface area contributed by atoms with Gasteiger partial charge in [-0.25, -0.2) is 0 Å². The van der Waals surface area contributed by atoms with Gasteiger partial charge in [-0.2, -0.15) is 0 Å². The molecule has 2 rings (SSSR count). The lowest BCUT2D eigenvalue weighted by atomic mass is 10.1. The van der Waals surface area contributed by atoms with Crippen molar-refractivity contribution in [2.45, 2.75) is 13.3 Å². The number of hydrogen-bond acceptors (Lipinski definition) is 3. The van der Waals surface area contributed by atoms with Gasteiger partial charge in [0.1, 0.15) is 5.69 Å². The van der Waals surface area contributed by atoms with Gasteiger partial charge in [-0.1, -0.05) is 18.2 Å². The van der Waals surface area contributed by atoms with Crippen LogP contribution in [-0.2, 0) is 16.0 Å². The Kier molecular flexibility index (Phi) is 4.48. The van der Waals surface area contributed by atoms with Gasteiger partial charge in [0, 0.05) is 18.5 Å². The largest absolute Gasteiger partial charge is 0.384 e. The molecule has 0 atom stereocenters. The lowest BCUT2D eigenvalue weighted by Crippen LogP contribution is -2.12. The molecule has 0 fully saturated rings. The first-order valence-corrected chi connectivity index (χ1v) is 6.37. The number of para-hydroxylation sites is 1. The Morgan fingerprint density at radius 2 is 2.00 bits per heavy atom. The maximum Gasteiger partial charge on any atom is 0.279 e. The molecule has 1 aromatic carbocycles. The fourth-order valence-electron chi connectivity index (χ4n) is 2.31. The Hall–Kier alpha value is -2.20. The summed E-state index contributed by atoms with van der Waals surface area (Å²) < 4.78 is 6.84. The van der Waals surface area contributed by atoms with Crippen molar-refractivity contribution in [2.75, 3.05) is 13.7 Å². The number of carbonyl (C=O) groups excluding carboxylic acids is 2. The fraction of sp³-hybridized carbons (Fsp3) is 0.250. The van der Waals surface area contributed by atoms with E-state index in [1.54, 1.807) is 11.7 Å². The van der Waals surface area contributed by atoms with Gasteiger partial charge in [0.2, 0.25) is 0 Å². The monoisotopic (exact) mass is 270 g/mol. The first-order chi connectivity index (χ1) is 9.69. The number of methoxy groups -OCH3 is 1. The summed E-state index contributed by atoms with van der Waals surface area (Å²) in [6.07, 6.45) is 2.05. The third kappa shape index (κ3) is 2.70. The molecule has 0 aliphatic carbocycles. The lowest BCUT2D eigenvalue weighted by Gasteiger charge is -2.10. The molecule has 1 radical (unpaired) electrons. The minimum Gasteiger partial charge on any atom is -0.384 e. The van der Waals surface area contributed by atoms with E-state index in [0.29, 0.717) is 18.7 Å². The van der Waals surface area contributed by atoms with E-state index in [1.807, 2.05) is 43.3 Å². The van der Waals surface area contributed by atoms with Crippen molar-refractivity contribution in [3.05, 3.63) is 53.3 Å². The normalized spacial score (nSPS) is 10.5. The van der Waals surface area contributed by atoms with E-state index in [2.05, 4.69) is 0 Å². The van der Waals surface area contributed by atoms with E-state index in [9.17, 15) is 9.59 Å². The summed E-state index contributed by atoms with van der Waals surface area (Å²) in [5, 5.41) is 0. The van der Waals surface area contributed by atoms with E-state index in [0.717, 1.165) is 16.9 Å². The lowest BCUT2D eigenvalue weighted by molar-refractivity contribution is 0.105. The SMILES string of the molecule is COCCc1cc(C)n(-c2ccccc2)c1C(=O)[C]=O. The minimum absolute atomic E-state index is 0.376. The molecule has 0 aliphatic heterocycles. The molecular formula is C16H16NO3. The Labute approximate surface area is 118 Å². The van der Waals surface area contributed by atoms with E-state index in [4.69, 9.17) is 4.74 Å². The first-order valence-electron chi connectivity index (χ1n) is 6.37. The number of benzene rings is 1. The highest BCUT2D eigenvalue weighted by Crippen LogP contribution is 2.22. The van der Waals surface area contributed by atoms with Crippen molar-refractivity contribution in [2.24, 2.45) is 0 Å². The van der Waals surface area contributed by atoms with Crippen LogP contribution in [0.15, 0.2) is 36.4 Å². The van der Waals surface area contributed by atoms with E-state index < -0.39 is 5.78 Å².